The van der Waals surface area contributed by atoms with E-state index in [0.717, 1.165) is 42.6 Å². The van der Waals surface area contributed by atoms with Crippen LogP contribution in [0.4, 0.5) is 5.69 Å². The number of ether oxygens (including phenoxy) is 1. The molecule has 0 aliphatic heterocycles. The second-order valence-electron chi connectivity index (χ2n) is 9.21. The van der Waals surface area contributed by atoms with Crippen molar-refractivity contribution in [3.8, 4) is 5.75 Å². The fourth-order valence-electron chi connectivity index (χ4n) is 4.27. The minimum absolute atomic E-state index is 0.133. The maximum Gasteiger partial charge on any atom is 0.338 e. The van der Waals surface area contributed by atoms with Crippen LogP contribution in [-0.4, -0.2) is 30.0 Å². The number of hydrogen-bond acceptors (Lipinski definition) is 5. The predicted molar refractivity (Wildman–Crippen MR) is 150 cm³/mol. The molecule has 3 rings (SSSR count). The molecular weight excluding hydrogens is 462 g/mol. The Hall–Kier alpha value is -3.86. The van der Waals surface area contributed by atoms with Gasteiger partial charge >= 0.3 is 5.97 Å². The van der Waals surface area contributed by atoms with Gasteiger partial charge in [0.2, 0.25) is 0 Å². The number of nitrogens with zero attached hydrogens (tertiary/aromatic N) is 1. The van der Waals surface area contributed by atoms with Crippen LogP contribution < -0.4 is 4.90 Å². The number of phenols is 1. The van der Waals surface area contributed by atoms with E-state index in [0.29, 0.717) is 13.2 Å². The first kappa shape index (κ1) is 27.7. The molecule has 194 valence electrons. The molecule has 0 aliphatic rings. The highest BCUT2D eigenvalue weighted by Crippen LogP contribution is 2.30. The maximum absolute atomic E-state index is 13.4. The van der Waals surface area contributed by atoms with Gasteiger partial charge in [0.25, 0.3) is 0 Å². The third kappa shape index (κ3) is 7.32. The zero-order chi connectivity index (χ0) is 26.8. The van der Waals surface area contributed by atoms with Crippen molar-refractivity contribution < 1.29 is 19.4 Å². The van der Waals surface area contributed by atoms with Gasteiger partial charge in [0.15, 0.2) is 5.78 Å². The van der Waals surface area contributed by atoms with Gasteiger partial charge in [0.05, 0.1) is 17.7 Å². The number of ketones is 1. The number of anilines is 1. The molecule has 0 saturated carbocycles. The molecule has 37 heavy (non-hydrogen) atoms. The number of carbonyl (C=O) groups is 2. The molecule has 0 spiro atoms. The Labute approximate surface area is 220 Å². The number of phenolic OH excluding ortho intramolecular Hbond substituents is 1. The Morgan fingerprint density at radius 2 is 1.59 bits per heavy atom. The first-order valence-corrected chi connectivity index (χ1v) is 13.0. The molecule has 0 aromatic heterocycles. The summed E-state index contributed by atoms with van der Waals surface area (Å²) in [5.74, 6) is -1.07. The van der Waals surface area contributed by atoms with E-state index < -0.39 is 11.8 Å². The van der Waals surface area contributed by atoms with E-state index in [1.165, 1.54) is 5.56 Å². The van der Waals surface area contributed by atoms with Crippen molar-refractivity contribution in [2.45, 2.75) is 53.4 Å². The van der Waals surface area contributed by atoms with Crippen LogP contribution in [0, 0.1) is 6.92 Å². The van der Waals surface area contributed by atoms with Gasteiger partial charge in [-0.2, -0.15) is 0 Å². The second-order valence-corrected chi connectivity index (χ2v) is 9.21. The molecule has 0 fully saturated rings. The number of unbranched alkanes of at least 4 members (excludes halogenated alkanes) is 3. The van der Waals surface area contributed by atoms with E-state index in [1.54, 1.807) is 36.4 Å². The molecule has 0 radical (unpaired) electrons. The molecule has 0 heterocycles. The fourth-order valence-corrected chi connectivity index (χ4v) is 4.27. The van der Waals surface area contributed by atoms with Crippen LogP contribution in [0.15, 0.2) is 72.4 Å². The highest BCUT2D eigenvalue weighted by molar-refractivity contribution is 6.15. The summed E-state index contributed by atoms with van der Waals surface area (Å²) >= 11 is 0. The zero-order valence-corrected chi connectivity index (χ0v) is 22.3. The van der Waals surface area contributed by atoms with Crippen molar-refractivity contribution in [3.05, 3.63) is 100 Å². The Morgan fingerprint density at radius 3 is 2.24 bits per heavy atom. The summed E-state index contributed by atoms with van der Waals surface area (Å²) in [6, 6.07) is 19.9. The topological polar surface area (TPSA) is 66.8 Å². The predicted octanol–water partition coefficient (Wildman–Crippen LogP) is 7.56. The van der Waals surface area contributed by atoms with Crippen LogP contribution in [0.3, 0.4) is 0 Å². The minimum atomic E-state index is -0.523. The number of rotatable bonds is 12. The Balaban J connectivity index is 1.81. The van der Waals surface area contributed by atoms with Gasteiger partial charge < -0.3 is 14.7 Å². The van der Waals surface area contributed by atoms with Crippen LogP contribution in [0.1, 0.15) is 83.9 Å². The third-order valence-corrected chi connectivity index (χ3v) is 6.36. The summed E-state index contributed by atoms with van der Waals surface area (Å²) in [5.41, 5.74) is 4.64. The monoisotopic (exact) mass is 499 g/mol. The van der Waals surface area contributed by atoms with E-state index in [1.807, 2.05) is 19.9 Å². The van der Waals surface area contributed by atoms with Crippen molar-refractivity contribution in [1.29, 1.82) is 0 Å². The molecule has 5 nitrogen and oxygen atoms in total. The lowest BCUT2D eigenvalue weighted by Gasteiger charge is -2.24. The normalized spacial score (nSPS) is 11.3. The molecule has 0 unspecified atom stereocenters. The lowest BCUT2D eigenvalue weighted by Crippen LogP contribution is -2.20. The van der Waals surface area contributed by atoms with E-state index >= 15 is 0 Å². The fraction of sp³-hybridized carbons (Fsp3) is 0.312. The van der Waals surface area contributed by atoms with Gasteiger partial charge in [-0.3, -0.25) is 4.79 Å². The number of allylic oxidation sites excluding steroid dienone is 1. The summed E-state index contributed by atoms with van der Waals surface area (Å²) in [7, 11) is 0. The zero-order valence-electron chi connectivity index (χ0n) is 22.3. The van der Waals surface area contributed by atoms with Gasteiger partial charge in [0, 0.05) is 29.6 Å². The summed E-state index contributed by atoms with van der Waals surface area (Å²) in [4.78, 5) is 28.1. The van der Waals surface area contributed by atoms with Crippen molar-refractivity contribution in [1.82, 2.24) is 0 Å². The lowest BCUT2D eigenvalue weighted by atomic mass is 9.97. The van der Waals surface area contributed by atoms with Crippen molar-refractivity contribution >= 4 is 23.5 Å². The largest absolute Gasteiger partial charge is 0.507 e. The SMILES string of the molecule is CCCCCCOC(=O)c1ccccc1C(=O)c1ccc(N(CC)/C(C)=C/c2ccc(C)cc2)cc1O. The van der Waals surface area contributed by atoms with Gasteiger partial charge in [-0.25, -0.2) is 4.79 Å². The average Bonchev–Trinajstić information content (AvgIpc) is 2.90. The molecule has 0 aliphatic carbocycles. The molecule has 0 amide bonds. The number of hydrogen-bond donors (Lipinski definition) is 1. The van der Waals surface area contributed by atoms with Crippen LogP contribution in [0.2, 0.25) is 0 Å². The third-order valence-electron chi connectivity index (χ3n) is 6.36. The van der Waals surface area contributed by atoms with Crippen LogP contribution in [0.25, 0.3) is 6.08 Å². The Kier molecular flexibility index (Phi) is 10.1. The molecule has 0 saturated heterocycles. The molecule has 3 aromatic carbocycles. The highest BCUT2D eigenvalue weighted by atomic mass is 16.5. The highest BCUT2D eigenvalue weighted by Gasteiger charge is 2.22. The van der Waals surface area contributed by atoms with Gasteiger partial charge in [-0.1, -0.05) is 74.2 Å². The number of aromatic hydroxyl groups is 1. The molecule has 0 atom stereocenters. The van der Waals surface area contributed by atoms with Crippen LogP contribution >= 0.6 is 0 Å². The smallest absolute Gasteiger partial charge is 0.338 e. The molecule has 5 heteroatoms. The van der Waals surface area contributed by atoms with Crippen molar-refractivity contribution in [2.24, 2.45) is 0 Å². The van der Waals surface area contributed by atoms with Gasteiger partial charge in [0.1, 0.15) is 5.75 Å². The number of esters is 1. The molecule has 0 bridgehead atoms. The summed E-state index contributed by atoms with van der Waals surface area (Å²) in [5, 5.41) is 10.8. The number of benzene rings is 3. The van der Waals surface area contributed by atoms with Crippen molar-refractivity contribution in [2.75, 3.05) is 18.1 Å². The second kappa shape index (κ2) is 13.4. The first-order chi connectivity index (χ1) is 17.8. The lowest BCUT2D eigenvalue weighted by molar-refractivity contribution is 0.0495. The standard InChI is InChI=1S/C32H37NO4/c1-5-7-8-11-20-37-32(36)28-13-10-9-12-27(28)31(35)29-19-18-26(22-30(29)34)33(6-2)24(4)21-25-16-14-23(3)15-17-25/h9-10,12-19,21-22,34H,5-8,11,20H2,1-4H3/b24-21+. The molecule has 1 N–H and O–H groups in total. The number of carbonyl (C=O) groups excluding carboxylic acids is 2. The molecular formula is C32H37NO4. The van der Waals surface area contributed by atoms with E-state index in [4.69, 9.17) is 4.74 Å². The van der Waals surface area contributed by atoms with Crippen LogP contribution in [-0.2, 0) is 4.74 Å². The molecule has 3 aromatic rings. The minimum Gasteiger partial charge on any atom is -0.507 e. The Morgan fingerprint density at radius 1 is 0.892 bits per heavy atom. The summed E-state index contributed by atoms with van der Waals surface area (Å²) < 4.78 is 5.41. The first-order valence-electron chi connectivity index (χ1n) is 13.0. The van der Waals surface area contributed by atoms with Crippen molar-refractivity contribution in [3.63, 3.8) is 0 Å². The quantitative estimate of drug-likeness (QED) is 0.158. The average molecular weight is 500 g/mol. The van der Waals surface area contributed by atoms with E-state index in [2.05, 4.69) is 49.1 Å². The van der Waals surface area contributed by atoms with E-state index in [-0.39, 0.29) is 22.4 Å². The summed E-state index contributed by atoms with van der Waals surface area (Å²) in [6.45, 7) is 9.24. The van der Waals surface area contributed by atoms with Gasteiger partial charge in [-0.05, 0) is 57.0 Å². The van der Waals surface area contributed by atoms with E-state index in [9.17, 15) is 14.7 Å². The van der Waals surface area contributed by atoms with Gasteiger partial charge in [-0.15, -0.1) is 0 Å². The maximum atomic E-state index is 13.4. The Bertz CT molecular complexity index is 1240. The number of aryl methyl sites for hydroxylation is 1. The van der Waals surface area contributed by atoms with Crippen LogP contribution in [0.5, 0.6) is 5.75 Å². The summed E-state index contributed by atoms with van der Waals surface area (Å²) in [6.07, 6.45) is 6.08.